The number of aromatic nitrogens is 3. The van der Waals surface area contributed by atoms with Gasteiger partial charge in [0.25, 0.3) is 0 Å². The summed E-state index contributed by atoms with van der Waals surface area (Å²) in [5.74, 6) is 0. The first kappa shape index (κ1) is 12.6. The Balaban J connectivity index is 1.80. The molecule has 0 spiro atoms. The Kier molecular flexibility index (Phi) is 2.98. The van der Waals surface area contributed by atoms with Crippen LogP contribution >= 0.6 is 22.9 Å². The average molecular weight is 312 g/mol. The summed E-state index contributed by atoms with van der Waals surface area (Å²) in [6.07, 6.45) is 1.95. The molecule has 5 heteroatoms. The van der Waals surface area contributed by atoms with E-state index in [0.717, 1.165) is 26.8 Å². The molecule has 0 saturated carbocycles. The molecule has 102 valence electrons. The molecule has 21 heavy (non-hydrogen) atoms. The van der Waals surface area contributed by atoms with Gasteiger partial charge in [0.1, 0.15) is 5.01 Å². The molecule has 4 aromatic rings. The summed E-state index contributed by atoms with van der Waals surface area (Å²) >= 11 is 7.75. The first-order valence-electron chi connectivity index (χ1n) is 6.48. The third kappa shape index (κ3) is 2.22. The van der Waals surface area contributed by atoms with E-state index < -0.39 is 0 Å². The highest BCUT2D eigenvalue weighted by molar-refractivity contribution is 7.19. The SMILES string of the molecule is Clc1ccccc1-c1nn2cc(-c3ccccc3)nc2s1. The zero-order chi connectivity index (χ0) is 14.2. The normalized spacial score (nSPS) is 11.1. The average Bonchev–Trinajstić information content (AvgIpc) is 3.07. The van der Waals surface area contributed by atoms with E-state index in [1.807, 2.05) is 65.3 Å². The van der Waals surface area contributed by atoms with Gasteiger partial charge in [-0.3, -0.25) is 0 Å². The number of fused-ring (bicyclic) bond motifs is 1. The number of benzene rings is 2. The third-order valence-corrected chi connectivity index (χ3v) is 4.50. The Morgan fingerprint density at radius 1 is 0.952 bits per heavy atom. The maximum atomic E-state index is 6.22. The van der Waals surface area contributed by atoms with E-state index in [9.17, 15) is 0 Å². The van der Waals surface area contributed by atoms with Crippen molar-refractivity contribution in [3.05, 3.63) is 65.8 Å². The molecule has 2 aromatic heterocycles. The van der Waals surface area contributed by atoms with Gasteiger partial charge >= 0.3 is 0 Å². The predicted molar refractivity (Wildman–Crippen MR) is 86.7 cm³/mol. The molecule has 2 aromatic carbocycles. The summed E-state index contributed by atoms with van der Waals surface area (Å²) in [5, 5.41) is 6.16. The summed E-state index contributed by atoms with van der Waals surface area (Å²) in [6.45, 7) is 0. The fourth-order valence-corrected chi connectivity index (χ4v) is 3.39. The van der Waals surface area contributed by atoms with Crippen molar-refractivity contribution in [2.45, 2.75) is 0 Å². The van der Waals surface area contributed by atoms with Crippen LogP contribution in [-0.4, -0.2) is 14.6 Å². The molecule has 0 bridgehead atoms. The van der Waals surface area contributed by atoms with Crippen LogP contribution in [0.5, 0.6) is 0 Å². The molecule has 0 aliphatic carbocycles. The summed E-state index contributed by atoms with van der Waals surface area (Å²) in [6, 6.07) is 17.8. The van der Waals surface area contributed by atoms with Crippen molar-refractivity contribution in [3.8, 4) is 21.8 Å². The van der Waals surface area contributed by atoms with Gasteiger partial charge in [-0.15, -0.1) is 0 Å². The Bertz CT molecular complexity index is 880. The maximum Gasteiger partial charge on any atom is 0.213 e. The van der Waals surface area contributed by atoms with Gasteiger partial charge in [-0.25, -0.2) is 9.50 Å². The molecule has 2 heterocycles. The van der Waals surface area contributed by atoms with E-state index >= 15 is 0 Å². The first-order valence-corrected chi connectivity index (χ1v) is 7.67. The number of halogens is 1. The van der Waals surface area contributed by atoms with E-state index in [4.69, 9.17) is 11.6 Å². The zero-order valence-corrected chi connectivity index (χ0v) is 12.5. The summed E-state index contributed by atoms with van der Waals surface area (Å²) in [5.41, 5.74) is 2.96. The van der Waals surface area contributed by atoms with Gasteiger partial charge in [-0.1, -0.05) is 71.5 Å². The van der Waals surface area contributed by atoms with Crippen molar-refractivity contribution in [1.82, 2.24) is 14.6 Å². The summed E-state index contributed by atoms with van der Waals surface area (Å²) in [4.78, 5) is 5.50. The molecule has 0 N–H and O–H groups in total. The van der Waals surface area contributed by atoms with E-state index in [1.165, 1.54) is 11.3 Å². The van der Waals surface area contributed by atoms with Gasteiger partial charge in [-0.05, 0) is 6.07 Å². The fraction of sp³-hybridized carbons (Fsp3) is 0. The van der Waals surface area contributed by atoms with Crippen LogP contribution < -0.4 is 0 Å². The van der Waals surface area contributed by atoms with Gasteiger partial charge in [0.2, 0.25) is 4.96 Å². The van der Waals surface area contributed by atoms with Crippen LogP contribution in [0.4, 0.5) is 0 Å². The van der Waals surface area contributed by atoms with Crippen LogP contribution in [0.3, 0.4) is 0 Å². The molecular formula is C16H10ClN3S. The van der Waals surface area contributed by atoms with Crippen LogP contribution in [0.15, 0.2) is 60.8 Å². The molecule has 4 rings (SSSR count). The van der Waals surface area contributed by atoms with Crippen molar-refractivity contribution in [1.29, 1.82) is 0 Å². The molecule has 0 saturated heterocycles. The lowest BCUT2D eigenvalue weighted by Crippen LogP contribution is -1.83. The second-order valence-corrected chi connectivity index (χ2v) is 5.97. The highest BCUT2D eigenvalue weighted by Crippen LogP contribution is 2.32. The number of hydrogen-bond acceptors (Lipinski definition) is 3. The molecule has 0 aliphatic heterocycles. The zero-order valence-electron chi connectivity index (χ0n) is 10.9. The van der Waals surface area contributed by atoms with Gasteiger partial charge in [0, 0.05) is 11.1 Å². The Labute approximate surface area is 130 Å². The molecule has 0 fully saturated rings. The van der Waals surface area contributed by atoms with Gasteiger partial charge < -0.3 is 0 Å². The molecule has 0 radical (unpaired) electrons. The van der Waals surface area contributed by atoms with Crippen LogP contribution in [0.2, 0.25) is 5.02 Å². The quantitative estimate of drug-likeness (QED) is 0.533. The Morgan fingerprint density at radius 2 is 1.71 bits per heavy atom. The minimum absolute atomic E-state index is 0.706. The topological polar surface area (TPSA) is 30.2 Å². The fourth-order valence-electron chi connectivity index (χ4n) is 2.19. The summed E-state index contributed by atoms with van der Waals surface area (Å²) < 4.78 is 1.81. The smallest absolute Gasteiger partial charge is 0.213 e. The molecule has 0 aliphatic rings. The highest BCUT2D eigenvalue weighted by atomic mass is 35.5. The minimum atomic E-state index is 0.706. The predicted octanol–water partition coefficient (Wildman–Crippen LogP) is 4.78. The maximum absolute atomic E-state index is 6.22. The highest BCUT2D eigenvalue weighted by Gasteiger charge is 2.12. The number of imidazole rings is 1. The van der Waals surface area contributed by atoms with Crippen LogP contribution in [0, 0.1) is 0 Å². The second kappa shape index (κ2) is 4.98. The Hall–Kier alpha value is -2.17. The lowest BCUT2D eigenvalue weighted by atomic mass is 10.2. The number of rotatable bonds is 2. The second-order valence-electron chi connectivity index (χ2n) is 4.61. The summed E-state index contributed by atoms with van der Waals surface area (Å²) in [7, 11) is 0. The van der Waals surface area contributed by atoms with Gasteiger partial charge in [0.05, 0.1) is 16.9 Å². The van der Waals surface area contributed by atoms with Gasteiger partial charge in [0.15, 0.2) is 0 Å². The first-order chi connectivity index (χ1) is 10.3. The van der Waals surface area contributed by atoms with Crippen molar-refractivity contribution in [2.75, 3.05) is 0 Å². The molecule has 0 atom stereocenters. The number of nitrogens with zero attached hydrogens (tertiary/aromatic N) is 3. The van der Waals surface area contributed by atoms with E-state index in [-0.39, 0.29) is 0 Å². The molecule has 0 unspecified atom stereocenters. The van der Waals surface area contributed by atoms with E-state index in [0.29, 0.717) is 5.02 Å². The van der Waals surface area contributed by atoms with Crippen molar-refractivity contribution in [2.24, 2.45) is 0 Å². The standard InChI is InChI=1S/C16H10ClN3S/c17-13-9-5-4-8-12(13)15-19-20-10-14(18-16(20)21-15)11-6-2-1-3-7-11/h1-10H. The lowest BCUT2D eigenvalue weighted by molar-refractivity contribution is 0.978. The molecule has 0 amide bonds. The molecular weight excluding hydrogens is 302 g/mol. The van der Waals surface area contributed by atoms with E-state index in [2.05, 4.69) is 10.1 Å². The van der Waals surface area contributed by atoms with Crippen molar-refractivity contribution >= 4 is 27.9 Å². The van der Waals surface area contributed by atoms with Crippen LogP contribution in [-0.2, 0) is 0 Å². The lowest BCUT2D eigenvalue weighted by Gasteiger charge is -1.97. The minimum Gasteiger partial charge on any atom is -0.217 e. The van der Waals surface area contributed by atoms with Crippen LogP contribution in [0.25, 0.3) is 26.8 Å². The Morgan fingerprint density at radius 3 is 2.48 bits per heavy atom. The van der Waals surface area contributed by atoms with Crippen molar-refractivity contribution < 1.29 is 0 Å². The largest absolute Gasteiger partial charge is 0.217 e. The molecule has 3 nitrogen and oxygen atoms in total. The number of hydrogen-bond donors (Lipinski definition) is 0. The van der Waals surface area contributed by atoms with Crippen LogP contribution in [0.1, 0.15) is 0 Å². The van der Waals surface area contributed by atoms with E-state index in [1.54, 1.807) is 0 Å². The monoisotopic (exact) mass is 311 g/mol. The van der Waals surface area contributed by atoms with Gasteiger partial charge in [-0.2, -0.15) is 5.10 Å². The van der Waals surface area contributed by atoms with Crippen molar-refractivity contribution in [3.63, 3.8) is 0 Å². The third-order valence-electron chi connectivity index (χ3n) is 3.22.